The third-order valence-electron chi connectivity index (χ3n) is 8.08. The molecular formula is C37H30N4O5S. The van der Waals surface area contributed by atoms with Gasteiger partial charge in [0.25, 0.3) is 11.8 Å². The third kappa shape index (κ3) is 5.64. The Bertz CT molecular complexity index is 2180. The van der Waals surface area contributed by atoms with Gasteiger partial charge in [0.2, 0.25) is 0 Å². The molecular weight excluding hydrogens is 612 g/mol. The lowest BCUT2D eigenvalue weighted by Crippen LogP contribution is -2.28. The van der Waals surface area contributed by atoms with E-state index in [1.54, 1.807) is 23.5 Å². The SMILES string of the molecule is CC(C)CNC(=O)c1ccc(-c2cc3c(cc2C(=O)Nc2ccc4[nH]ccc4c2-c2ccccc2)-c2sccc2CO3)c(C(=O)O)n1. The number of nitrogens with zero attached hydrogens (tertiary/aromatic N) is 1. The minimum absolute atomic E-state index is 0.0254. The lowest BCUT2D eigenvalue weighted by atomic mass is 9.92. The number of amides is 2. The van der Waals surface area contributed by atoms with Crippen molar-refractivity contribution in [1.82, 2.24) is 15.3 Å². The number of benzene rings is 3. The summed E-state index contributed by atoms with van der Waals surface area (Å²) in [7, 11) is 0. The Kier molecular flexibility index (Phi) is 7.79. The van der Waals surface area contributed by atoms with Gasteiger partial charge < -0.3 is 25.5 Å². The second-order valence-electron chi connectivity index (χ2n) is 11.7. The molecule has 0 spiro atoms. The van der Waals surface area contributed by atoms with Crippen LogP contribution in [0.3, 0.4) is 0 Å². The molecule has 0 bridgehead atoms. The Morgan fingerprint density at radius 1 is 0.957 bits per heavy atom. The lowest BCUT2D eigenvalue weighted by Gasteiger charge is -2.22. The van der Waals surface area contributed by atoms with Crippen molar-refractivity contribution in [3.8, 4) is 38.4 Å². The van der Waals surface area contributed by atoms with Crippen molar-refractivity contribution in [3.05, 3.63) is 113 Å². The summed E-state index contributed by atoms with van der Waals surface area (Å²) in [5.41, 5.74) is 5.44. The van der Waals surface area contributed by atoms with Gasteiger partial charge in [-0.05, 0) is 65.4 Å². The van der Waals surface area contributed by atoms with Gasteiger partial charge in [-0.3, -0.25) is 9.59 Å². The number of carboxylic acids is 1. The van der Waals surface area contributed by atoms with Gasteiger partial charge in [0.1, 0.15) is 18.1 Å². The molecule has 0 saturated carbocycles. The smallest absolute Gasteiger partial charge is 0.355 e. The van der Waals surface area contributed by atoms with Crippen LogP contribution in [0.2, 0.25) is 0 Å². The number of rotatable bonds is 8. The van der Waals surface area contributed by atoms with Crippen molar-refractivity contribution in [3.63, 3.8) is 0 Å². The Labute approximate surface area is 274 Å². The molecule has 47 heavy (non-hydrogen) atoms. The summed E-state index contributed by atoms with van der Waals surface area (Å²) >= 11 is 1.55. The van der Waals surface area contributed by atoms with E-state index in [0.717, 1.165) is 38.0 Å². The van der Waals surface area contributed by atoms with E-state index in [1.807, 2.05) is 80.0 Å². The average Bonchev–Trinajstić information content (AvgIpc) is 3.77. The molecule has 0 aliphatic carbocycles. The zero-order valence-corrected chi connectivity index (χ0v) is 26.4. The van der Waals surface area contributed by atoms with E-state index in [4.69, 9.17) is 4.74 Å². The van der Waals surface area contributed by atoms with Crippen molar-refractivity contribution in [2.75, 3.05) is 11.9 Å². The number of fused-ring (bicyclic) bond motifs is 4. The zero-order chi connectivity index (χ0) is 32.7. The van der Waals surface area contributed by atoms with Gasteiger partial charge in [-0.1, -0.05) is 44.2 Å². The maximum Gasteiger partial charge on any atom is 0.355 e. The number of aromatic amines is 1. The van der Waals surface area contributed by atoms with Crippen LogP contribution in [0, 0.1) is 5.92 Å². The first-order valence-corrected chi connectivity index (χ1v) is 16.0. The Hall–Kier alpha value is -5.74. The molecule has 0 radical (unpaired) electrons. The summed E-state index contributed by atoms with van der Waals surface area (Å²) in [4.78, 5) is 48.3. The molecule has 3 aromatic heterocycles. The predicted octanol–water partition coefficient (Wildman–Crippen LogP) is 7.85. The highest BCUT2D eigenvalue weighted by Crippen LogP contribution is 2.45. The fourth-order valence-electron chi connectivity index (χ4n) is 5.82. The van der Waals surface area contributed by atoms with E-state index in [0.29, 0.717) is 30.2 Å². The van der Waals surface area contributed by atoms with Crippen LogP contribution in [0.4, 0.5) is 5.69 Å². The van der Waals surface area contributed by atoms with Crippen LogP contribution in [0.25, 0.3) is 43.6 Å². The number of pyridine rings is 1. The predicted molar refractivity (Wildman–Crippen MR) is 183 cm³/mol. The molecule has 6 aromatic rings. The number of hydrogen-bond donors (Lipinski definition) is 4. The third-order valence-corrected chi connectivity index (χ3v) is 9.07. The van der Waals surface area contributed by atoms with Crippen molar-refractivity contribution < 1.29 is 24.2 Å². The molecule has 0 fully saturated rings. The van der Waals surface area contributed by atoms with Crippen LogP contribution in [0.1, 0.15) is 50.7 Å². The highest BCUT2D eigenvalue weighted by atomic mass is 32.1. The molecule has 0 saturated heterocycles. The van der Waals surface area contributed by atoms with Crippen LogP contribution >= 0.6 is 11.3 Å². The molecule has 1 aliphatic rings. The number of anilines is 1. The molecule has 0 atom stereocenters. The second-order valence-corrected chi connectivity index (χ2v) is 12.6. The van der Waals surface area contributed by atoms with Gasteiger partial charge in [0.05, 0.1) is 0 Å². The van der Waals surface area contributed by atoms with E-state index in [9.17, 15) is 19.5 Å². The standard InChI is InChI=1S/C37H30N4O5S/c1-20(2)18-39-36(43)30-9-8-23(33(40-30)37(44)45)25-17-31-27(34-22(19-46-31)13-15-47-34)16-26(25)35(42)41-29-11-10-28-24(12-14-38-28)32(29)21-6-4-3-5-7-21/h3-17,20,38H,18-19H2,1-2H3,(H,39,43)(H,41,42)(H,44,45). The minimum Gasteiger partial charge on any atom is -0.488 e. The van der Waals surface area contributed by atoms with Crippen LogP contribution in [-0.2, 0) is 6.61 Å². The Balaban J connectivity index is 1.37. The van der Waals surface area contributed by atoms with Crippen LogP contribution in [-0.4, -0.2) is 39.4 Å². The first-order valence-electron chi connectivity index (χ1n) is 15.2. The number of aromatic carboxylic acids is 1. The molecule has 0 unspecified atom stereocenters. The van der Waals surface area contributed by atoms with E-state index in [-0.39, 0.29) is 28.4 Å². The van der Waals surface area contributed by atoms with Crippen molar-refractivity contribution in [1.29, 1.82) is 0 Å². The molecule has 4 N–H and O–H groups in total. The highest BCUT2D eigenvalue weighted by Gasteiger charge is 2.28. The molecule has 1 aliphatic heterocycles. The zero-order valence-electron chi connectivity index (χ0n) is 25.6. The largest absolute Gasteiger partial charge is 0.488 e. The molecule has 234 valence electrons. The fraction of sp³-hybridized carbons (Fsp3) is 0.135. The van der Waals surface area contributed by atoms with E-state index in [2.05, 4.69) is 20.6 Å². The van der Waals surface area contributed by atoms with E-state index in [1.165, 1.54) is 12.1 Å². The van der Waals surface area contributed by atoms with Gasteiger partial charge >= 0.3 is 5.97 Å². The molecule has 4 heterocycles. The molecule has 10 heteroatoms. The Morgan fingerprint density at radius 2 is 1.79 bits per heavy atom. The monoisotopic (exact) mass is 642 g/mol. The van der Waals surface area contributed by atoms with E-state index >= 15 is 0 Å². The van der Waals surface area contributed by atoms with Gasteiger partial charge in [0, 0.05) is 67.6 Å². The highest BCUT2D eigenvalue weighted by molar-refractivity contribution is 7.13. The van der Waals surface area contributed by atoms with Crippen LogP contribution in [0.15, 0.2) is 90.4 Å². The fourth-order valence-corrected chi connectivity index (χ4v) is 6.76. The minimum atomic E-state index is -1.33. The van der Waals surface area contributed by atoms with Gasteiger partial charge in [-0.25, -0.2) is 9.78 Å². The quantitative estimate of drug-likeness (QED) is 0.134. The number of thiophene rings is 1. The topological polar surface area (TPSA) is 133 Å². The van der Waals surface area contributed by atoms with Crippen LogP contribution < -0.4 is 15.4 Å². The molecule has 9 nitrogen and oxygen atoms in total. The summed E-state index contributed by atoms with van der Waals surface area (Å²) < 4.78 is 6.10. The number of carboxylic acid groups (broad SMARTS) is 1. The number of ether oxygens (including phenoxy) is 1. The lowest BCUT2D eigenvalue weighted by molar-refractivity contribution is 0.0691. The van der Waals surface area contributed by atoms with Gasteiger partial charge in [-0.15, -0.1) is 11.3 Å². The summed E-state index contributed by atoms with van der Waals surface area (Å²) in [6.45, 7) is 4.69. The maximum absolute atomic E-state index is 14.4. The normalized spacial score (nSPS) is 11.9. The average molecular weight is 643 g/mol. The number of hydrogen-bond acceptors (Lipinski definition) is 6. The first-order chi connectivity index (χ1) is 22.8. The van der Waals surface area contributed by atoms with Crippen molar-refractivity contribution in [2.24, 2.45) is 5.92 Å². The number of carbonyl (C=O) groups excluding carboxylic acids is 2. The summed E-state index contributed by atoms with van der Waals surface area (Å²) in [5, 5.41) is 19.1. The molecule has 2 amide bonds. The van der Waals surface area contributed by atoms with Crippen molar-refractivity contribution >= 4 is 45.7 Å². The number of aromatic nitrogens is 2. The van der Waals surface area contributed by atoms with Gasteiger partial charge in [-0.2, -0.15) is 0 Å². The van der Waals surface area contributed by atoms with Crippen LogP contribution in [0.5, 0.6) is 5.75 Å². The number of H-pyrrole nitrogens is 1. The Morgan fingerprint density at radius 3 is 2.57 bits per heavy atom. The summed E-state index contributed by atoms with van der Waals surface area (Å²) in [6.07, 6.45) is 1.86. The molecule has 3 aromatic carbocycles. The van der Waals surface area contributed by atoms with E-state index < -0.39 is 17.8 Å². The summed E-state index contributed by atoms with van der Waals surface area (Å²) in [6, 6.07) is 24.0. The number of carbonyl (C=O) groups is 3. The van der Waals surface area contributed by atoms with Crippen molar-refractivity contribution in [2.45, 2.75) is 20.5 Å². The number of nitrogens with one attached hydrogen (secondary N) is 3. The second kappa shape index (κ2) is 12.2. The summed E-state index contributed by atoms with van der Waals surface area (Å²) in [5.74, 6) is -1.50. The molecule has 7 rings (SSSR count). The van der Waals surface area contributed by atoms with Gasteiger partial charge in [0.15, 0.2) is 5.69 Å². The first kappa shape index (κ1) is 29.9. The maximum atomic E-state index is 14.4.